The van der Waals surface area contributed by atoms with Crippen molar-refractivity contribution in [1.82, 2.24) is 4.98 Å². The maximum Gasteiger partial charge on any atom is 0.140 e. The summed E-state index contributed by atoms with van der Waals surface area (Å²) in [6.07, 6.45) is 5.79. The van der Waals surface area contributed by atoms with Crippen LogP contribution in [-0.4, -0.2) is 23.4 Å². The number of nitrogens with two attached hydrogens (primary N) is 1. The van der Waals surface area contributed by atoms with E-state index in [0.29, 0.717) is 12.0 Å². The van der Waals surface area contributed by atoms with Crippen molar-refractivity contribution < 1.29 is 0 Å². The first-order chi connectivity index (χ1) is 9.58. The number of rotatable bonds is 2. The number of fused-ring (bicyclic) bond motifs is 1. The third-order valence-electron chi connectivity index (χ3n) is 4.97. The number of nitrogens with one attached hydrogen (secondary N) is 1. The van der Waals surface area contributed by atoms with E-state index < -0.39 is 0 Å². The standard InChI is InChI=1S/C16H24N4/c1-10-5-4-8-20(11(10)2)16-13(15(17)18)9-12-6-3-7-14(12)19-16/h9-11H,3-8H2,1-2H3,(H3,17,18). The van der Waals surface area contributed by atoms with Crippen LogP contribution in [0.1, 0.15) is 49.9 Å². The Hall–Kier alpha value is -1.58. The molecule has 0 saturated carbocycles. The highest BCUT2D eigenvalue weighted by Crippen LogP contribution is 2.32. The molecule has 2 aliphatic rings. The van der Waals surface area contributed by atoms with Gasteiger partial charge in [0.2, 0.25) is 0 Å². The molecule has 1 aromatic heterocycles. The Labute approximate surface area is 120 Å². The molecule has 1 aliphatic carbocycles. The molecule has 2 atom stereocenters. The molecule has 0 radical (unpaired) electrons. The Morgan fingerprint density at radius 2 is 2.15 bits per heavy atom. The highest BCUT2D eigenvalue weighted by atomic mass is 15.2. The quantitative estimate of drug-likeness (QED) is 0.642. The number of piperidine rings is 1. The van der Waals surface area contributed by atoms with E-state index in [4.69, 9.17) is 16.1 Å². The normalized spacial score (nSPS) is 25.6. The van der Waals surface area contributed by atoms with Crippen molar-refractivity contribution >= 4 is 11.7 Å². The van der Waals surface area contributed by atoms with Gasteiger partial charge in [-0.3, -0.25) is 5.41 Å². The second kappa shape index (κ2) is 5.08. The van der Waals surface area contributed by atoms with Crippen LogP contribution in [0.2, 0.25) is 0 Å². The summed E-state index contributed by atoms with van der Waals surface area (Å²) in [5, 5.41) is 7.88. The Morgan fingerprint density at radius 1 is 1.35 bits per heavy atom. The van der Waals surface area contributed by atoms with E-state index in [-0.39, 0.29) is 5.84 Å². The minimum atomic E-state index is 0.146. The molecule has 20 heavy (non-hydrogen) atoms. The molecule has 4 heteroatoms. The van der Waals surface area contributed by atoms with Crippen molar-refractivity contribution in [3.63, 3.8) is 0 Å². The number of anilines is 1. The van der Waals surface area contributed by atoms with E-state index >= 15 is 0 Å². The fourth-order valence-corrected chi connectivity index (χ4v) is 3.51. The van der Waals surface area contributed by atoms with Crippen LogP contribution in [0.15, 0.2) is 6.07 Å². The number of nitrogens with zero attached hydrogens (tertiary/aromatic N) is 2. The van der Waals surface area contributed by atoms with Gasteiger partial charge >= 0.3 is 0 Å². The van der Waals surface area contributed by atoms with E-state index in [0.717, 1.165) is 30.8 Å². The van der Waals surface area contributed by atoms with Gasteiger partial charge in [-0.25, -0.2) is 4.98 Å². The highest BCUT2D eigenvalue weighted by molar-refractivity contribution is 6.00. The molecule has 1 aromatic rings. The second-order valence-electron chi connectivity index (χ2n) is 6.29. The van der Waals surface area contributed by atoms with Crippen molar-refractivity contribution in [3.05, 3.63) is 22.9 Å². The van der Waals surface area contributed by atoms with Crippen molar-refractivity contribution in [2.75, 3.05) is 11.4 Å². The average Bonchev–Trinajstić information content (AvgIpc) is 2.87. The van der Waals surface area contributed by atoms with Crippen LogP contribution in [0.4, 0.5) is 5.82 Å². The average molecular weight is 272 g/mol. The summed E-state index contributed by atoms with van der Waals surface area (Å²) < 4.78 is 0. The lowest BCUT2D eigenvalue weighted by Gasteiger charge is -2.39. The van der Waals surface area contributed by atoms with Crippen molar-refractivity contribution in [2.24, 2.45) is 11.7 Å². The van der Waals surface area contributed by atoms with Gasteiger partial charge in [-0.05, 0) is 56.6 Å². The Morgan fingerprint density at radius 3 is 2.90 bits per heavy atom. The summed E-state index contributed by atoms with van der Waals surface area (Å²) in [5.41, 5.74) is 9.14. The number of nitrogen functional groups attached to an aromatic ring is 1. The number of pyridine rings is 1. The minimum Gasteiger partial charge on any atom is -0.384 e. The summed E-state index contributed by atoms with van der Waals surface area (Å²) in [6.45, 7) is 5.60. The topological polar surface area (TPSA) is 66.0 Å². The van der Waals surface area contributed by atoms with Gasteiger partial charge in [0.05, 0.1) is 5.56 Å². The zero-order chi connectivity index (χ0) is 14.3. The van der Waals surface area contributed by atoms with Crippen LogP contribution in [0.5, 0.6) is 0 Å². The maximum atomic E-state index is 7.88. The molecule has 0 aromatic carbocycles. The predicted octanol–water partition coefficient (Wildman–Crippen LogP) is 2.48. The molecule has 2 heterocycles. The Kier molecular flexibility index (Phi) is 3.40. The third kappa shape index (κ3) is 2.17. The first-order valence-electron chi connectivity index (χ1n) is 7.71. The van der Waals surface area contributed by atoms with E-state index in [1.807, 2.05) is 0 Å². The van der Waals surface area contributed by atoms with E-state index in [1.54, 1.807) is 0 Å². The van der Waals surface area contributed by atoms with Crippen LogP contribution < -0.4 is 10.6 Å². The molecule has 1 aliphatic heterocycles. The summed E-state index contributed by atoms with van der Waals surface area (Å²) in [6, 6.07) is 2.58. The van der Waals surface area contributed by atoms with Gasteiger partial charge in [0.15, 0.2) is 0 Å². The van der Waals surface area contributed by atoms with E-state index in [9.17, 15) is 0 Å². The third-order valence-corrected chi connectivity index (χ3v) is 4.97. The fraction of sp³-hybridized carbons (Fsp3) is 0.625. The monoisotopic (exact) mass is 272 g/mol. The van der Waals surface area contributed by atoms with Crippen molar-refractivity contribution in [2.45, 2.75) is 52.0 Å². The SMILES string of the molecule is CC1CCCN(c2nc3c(cc2C(=N)N)CCC3)C1C. The maximum absolute atomic E-state index is 7.88. The fourth-order valence-electron chi connectivity index (χ4n) is 3.51. The van der Waals surface area contributed by atoms with Gasteiger partial charge in [0.25, 0.3) is 0 Å². The lowest BCUT2D eigenvalue weighted by molar-refractivity contribution is 0.361. The molecule has 3 N–H and O–H groups in total. The minimum absolute atomic E-state index is 0.146. The number of aromatic nitrogens is 1. The molecular weight excluding hydrogens is 248 g/mol. The van der Waals surface area contributed by atoms with Crippen molar-refractivity contribution in [1.29, 1.82) is 5.41 Å². The number of hydrogen-bond donors (Lipinski definition) is 2. The van der Waals surface area contributed by atoms with Crippen LogP contribution in [0, 0.1) is 11.3 Å². The molecule has 4 nitrogen and oxygen atoms in total. The summed E-state index contributed by atoms with van der Waals surface area (Å²) in [4.78, 5) is 7.25. The second-order valence-corrected chi connectivity index (χ2v) is 6.29. The first kappa shape index (κ1) is 13.4. The Bertz CT molecular complexity index is 538. The Balaban J connectivity index is 2.05. The van der Waals surface area contributed by atoms with Gasteiger partial charge in [-0.15, -0.1) is 0 Å². The van der Waals surface area contributed by atoms with E-state index in [1.165, 1.54) is 30.5 Å². The lowest BCUT2D eigenvalue weighted by Crippen LogP contribution is -2.44. The summed E-state index contributed by atoms with van der Waals surface area (Å²) in [5.74, 6) is 1.75. The predicted molar refractivity (Wildman–Crippen MR) is 82.5 cm³/mol. The summed E-state index contributed by atoms with van der Waals surface area (Å²) in [7, 11) is 0. The van der Waals surface area contributed by atoms with Crippen LogP contribution in [-0.2, 0) is 12.8 Å². The largest absolute Gasteiger partial charge is 0.384 e. The van der Waals surface area contributed by atoms with Gasteiger partial charge in [-0.1, -0.05) is 6.92 Å². The van der Waals surface area contributed by atoms with Gasteiger partial charge in [-0.2, -0.15) is 0 Å². The molecular formula is C16H24N4. The van der Waals surface area contributed by atoms with E-state index in [2.05, 4.69) is 24.8 Å². The number of amidine groups is 1. The molecule has 108 valence electrons. The smallest absolute Gasteiger partial charge is 0.140 e. The van der Waals surface area contributed by atoms with Gasteiger partial charge in [0.1, 0.15) is 11.7 Å². The van der Waals surface area contributed by atoms with Crippen LogP contribution in [0.25, 0.3) is 0 Å². The number of hydrogen-bond acceptors (Lipinski definition) is 3. The van der Waals surface area contributed by atoms with Crippen LogP contribution >= 0.6 is 0 Å². The summed E-state index contributed by atoms with van der Waals surface area (Å²) >= 11 is 0. The molecule has 2 unspecified atom stereocenters. The van der Waals surface area contributed by atoms with Gasteiger partial charge < -0.3 is 10.6 Å². The zero-order valence-corrected chi connectivity index (χ0v) is 12.4. The zero-order valence-electron chi connectivity index (χ0n) is 12.4. The first-order valence-corrected chi connectivity index (χ1v) is 7.71. The molecule has 0 spiro atoms. The van der Waals surface area contributed by atoms with Gasteiger partial charge in [0, 0.05) is 18.3 Å². The molecule has 0 bridgehead atoms. The van der Waals surface area contributed by atoms with Crippen molar-refractivity contribution in [3.8, 4) is 0 Å². The number of aryl methyl sites for hydroxylation is 2. The molecule has 3 rings (SSSR count). The lowest BCUT2D eigenvalue weighted by atomic mass is 9.91. The van der Waals surface area contributed by atoms with Crippen LogP contribution in [0.3, 0.4) is 0 Å². The molecule has 1 saturated heterocycles. The molecule has 0 amide bonds. The molecule has 1 fully saturated rings. The highest BCUT2D eigenvalue weighted by Gasteiger charge is 2.29.